The molecule has 1 unspecified atom stereocenters. The smallest absolute Gasteiger partial charge is 0.241 e. The minimum Gasteiger partial charge on any atom is -0.330 e. The highest BCUT2D eigenvalue weighted by molar-refractivity contribution is 7.98. The molecule has 0 fully saturated rings. The molecule has 18 heavy (non-hydrogen) atoms. The van der Waals surface area contributed by atoms with Gasteiger partial charge in [-0.3, -0.25) is 10.2 Å². The number of nitrogens with two attached hydrogens (primary N) is 2. The predicted molar refractivity (Wildman–Crippen MR) is 77.0 cm³/mol. The van der Waals surface area contributed by atoms with Gasteiger partial charge in [0.15, 0.2) is 0 Å². The lowest BCUT2D eigenvalue weighted by Gasteiger charge is -2.10. The molecule has 1 atom stereocenters. The summed E-state index contributed by atoms with van der Waals surface area (Å²) in [6, 6.07) is 8.09. The van der Waals surface area contributed by atoms with Gasteiger partial charge in [-0.05, 0) is 36.8 Å². The van der Waals surface area contributed by atoms with Crippen molar-refractivity contribution in [2.75, 3.05) is 12.3 Å². The standard InChI is InChI=1S/C13H21N3OS/c1-10(13(17)16-15)12-5-3-11(4-6-12)9-18-8-2-7-14/h3-6,10H,2,7-9,14-15H2,1H3,(H,16,17). The molecule has 0 saturated heterocycles. The number of carbonyl (C=O) groups is 1. The van der Waals surface area contributed by atoms with Crippen molar-refractivity contribution in [3.05, 3.63) is 35.4 Å². The SMILES string of the molecule is CC(C(=O)NN)c1ccc(CSCCCN)cc1. The van der Waals surface area contributed by atoms with Gasteiger partial charge in [-0.25, -0.2) is 5.84 Å². The molecule has 0 aliphatic carbocycles. The van der Waals surface area contributed by atoms with Crippen molar-refractivity contribution in [1.82, 2.24) is 5.43 Å². The average molecular weight is 267 g/mol. The third-order valence-electron chi connectivity index (χ3n) is 2.78. The molecule has 0 aliphatic rings. The van der Waals surface area contributed by atoms with E-state index in [-0.39, 0.29) is 11.8 Å². The molecule has 4 nitrogen and oxygen atoms in total. The lowest BCUT2D eigenvalue weighted by atomic mass is 10.00. The molecule has 1 amide bonds. The van der Waals surface area contributed by atoms with Crippen molar-refractivity contribution in [2.45, 2.75) is 25.0 Å². The molecular weight excluding hydrogens is 246 g/mol. The summed E-state index contributed by atoms with van der Waals surface area (Å²) >= 11 is 1.88. The van der Waals surface area contributed by atoms with Crippen LogP contribution in [0.3, 0.4) is 0 Å². The summed E-state index contributed by atoms with van der Waals surface area (Å²) in [4.78, 5) is 11.4. The number of nitrogens with one attached hydrogen (secondary N) is 1. The summed E-state index contributed by atoms with van der Waals surface area (Å²) in [5, 5.41) is 0. The van der Waals surface area contributed by atoms with E-state index in [0.717, 1.165) is 30.0 Å². The number of rotatable bonds is 7. The summed E-state index contributed by atoms with van der Waals surface area (Å²) in [6.45, 7) is 2.59. The fraction of sp³-hybridized carbons (Fsp3) is 0.462. The molecule has 5 heteroatoms. The average Bonchev–Trinajstić information content (AvgIpc) is 2.42. The summed E-state index contributed by atoms with van der Waals surface area (Å²) in [7, 11) is 0. The van der Waals surface area contributed by atoms with Gasteiger partial charge in [0.1, 0.15) is 0 Å². The normalized spacial score (nSPS) is 12.2. The molecule has 0 heterocycles. The first-order chi connectivity index (χ1) is 8.69. The lowest BCUT2D eigenvalue weighted by molar-refractivity contribution is -0.122. The van der Waals surface area contributed by atoms with Crippen molar-refractivity contribution in [3.8, 4) is 0 Å². The van der Waals surface area contributed by atoms with Gasteiger partial charge in [-0.1, -0.05) is 24.3 Å². The van der Waals surface area contributed by atoms with Gasteiger partial charge in [0.2, 0.25) is 5.91 Å². The number of benzene rings is 1. The van der Waals surface area contributed by atoms with E-state index >= 15 is 0 Å². The highest BCUT2D eigenvalue weighted by Crippen LogP contribution is 2.18. The quantitative estimate of drug-likeness (QED) is 0.301. The van der Waals surface area contributed by atoms with E-state index in [0.29, 0.717) is 0 Å². The first kappa shape index (κ1) is 15.0. The third kappa shape index (κ3) is 4.68. The molecule has 0 aliphatic heterocycles. The van der Waals surface area contributed by atoms with Gasteiger partial charge in [-0.2, -0.15) is 11.8 Å². The molecule has 100 valence electrons. The molecule has 0 spiro atoms. The molecule has 5 N–H and O–H groups in total. The van der Waals surface area contributed by atoms with E-state index in [1.165, 1.54) is 5.56 Å². The number of thioether (sulfide) groups is 1. The van der Waals surface area contributed by atoms with E-state index in [1.54, 1.807) is 0 Å². The van der Waals surface area contributed by atoms with Crippen LogP contribution >= 0.6 is 11.8 Å². The van der Waals surface area contributed by atoms with Gasteiger partial charge in [0.05, 0.1) is 5.92 Å². The van der Waals surface area contributed by atoms with Gasteiger partial charge in [0.25, 0.3) is 0 Å². The van der Waals surface area contributed by atoms with Crippen molar-refractivity contribution in [3.63, 3.8) is 0 Å². The van der Waals surface area contributed by atoms with Crippen LogP contribution in [0, 0.1) is 0 Å². The Morgan fingerprint density at radius 2 is 2.06 bits per heavy atom. The molecule has 0 aromatic heterocycles. The fourth-order valence-corrected chi connectivity index (χ4v) is 2.50. The van der Waals surface area contributed by atoms with Gasteiger partial charge < -0.3 is 5.73 Å². The summed E-state index contributed by atoms with van der Waals surface area (Å²) in [5.41, 5.74) is 9.86. The Balaban J connectivity index is 2.49. The summed E-state index contributed by atoms with van der Waals surface area (Å²) in [5.74, 6) is 6.81. The number of hydrogen-bond donors (Lipinski definition) is 3. The van der Waals surface area contributed by atoms with Gasteiger partial charge >= 0.3 is 0 Å². The molecule has 1 aromatic carbocycles. The zero-order chi connectivity index (χ0) is 13.4. The van der Waals surface area contributed by atoms with Crippen LogP contribution in [0.15, 0.2) is 24.3 Å². The van der Waals surface area contributed by atoms with Crippen molar-refractivity contribution < 1.29 is 4.79 Å². The minimum atomic E-state index is -0.214. The second-order valence-electron chi connectivity index (χ2n) is 4.17. The number of amides is 1. The van der Waals surface area contributed by atoms with Crippen molar-refractivity contribution >= 4 is 17.7 Å². The van der Waals surface area contributed by atoms with Crippen LogP contribution in [0.5, 0.6) is 0 Å². The molecule has 0 saturated carbocycles. The monoisotopic (exact) mass is 267 g/mol. The van der Waals surface area contributed by atoms with Crippen LogP contribution in [-0.4, -0.2) is 18.2 Å². The maximum atomic E-state index is 11.4. The van der Waals surface area contributed by atoms with Crippen LogP contribution in [0.25, 0.3) is 0 Å². The van der Waals surface area contributed by atoms with Crippen molar-refractivity contribution in [2.24, 2.45) is 11.6 Å². The number of carbonyl (C=O) groups excluding carboxylic acids is 1. The van der Waals surface area contributed by atoms with Crippen molar-refractivity contribution in [1.29, 1.82) is 0 Å². The van der Waals surface area contributed by atoms with Gasteiger partial charge in [-0.15, -0.1) is 0 Å². The zero-order valence-corrected chi connectivity index (χ0v) is 11.5. The van der Waals surface area contributed by atoms with Gasteiger partial charge in [0, 0.05) is 5.75 Å². The first-order valence-corrected chi connectivity index (χ1v) is 7.21. The molecule has 0 radical (unpaired) electrons. The maximum Gasteiger partial charge on any atom is 0.241 e. The van der Waals surface area contributed by atoms with Crippen LogP contribution in [0.1, 0.15) is 30.4 Å². The Morgan fingerprint density at radius 1 is 1.39 bits per heavy atom. The Labute approximate surface area is 112 Å². The second-order valence-corrected chi connectivity index (χ2v) is 5.27. The summed E-state index contributed by atoms with van der Waals surface area (Å²) in [6.07, 6.45) is 1.05. The van der Waals surface area contributed by atoms with Crippen LogP contribution in [0.2, 0.25) is 0 Å². The highest BCUT2D eigenvalue weighted by Gasteiger charge is 2.13. The van der Waals surface area contributed by atoms with E-state index in [9.17, 15) is 4.79 Å². The molecule has 0 bridgehead atoms. The first-order valence-electron chi connectivity index (χ1n) is 6.06. The highest BCUT2D eigenvalue weighted by atomic mass is 32.2. The van der Waals surface area contributed by atoms with E-state index in [4.69, 9.17) is 11.6 Å². The van der Waals surface area contributed by atoms with Crippen LogP contribution in [-0.2, 0) is 10.5 Å². The Hall–Kier alpha value is -1.04. The van der Waals surface area contributed by atoms with E-state index < -0.39 is 0 Å². The molecule has 1 aromatic rings. The number of hydrazine groups is 1. The largest absolute Gasteiger partial charge is 0.330 e. The lowest BCUT2D eigenvalue weighted by Crippen LogP contribution is -2.33. The molecular formula is C13H21N3OS. The molecule has 1 rings (SSSR count). The second kappa shape index (κ2) is 8.13. The number of hydrogen-bond acceptors (Lipinski definition) is 4. The zero-order valence-electron chi connectivity index (χ0n) is 10.7. The maximum absolute atomic E-state index is 11.4. The van der Waals surface area contributed by atoms with E-state index in [1.807, 2.05) is 30.8 Å². The Morgan fingerprint density at radius 3 is 2.61 bits per heavy atom. The van der Waals surface area contributed by atoms with Crippen LogP contribution in [0.4, 0.5) is 0 Å². The van der Waals surface area contributed by atoms with Crippen LogP contribution < -0.4 is 17.0 Å². The predicted octanol–water partition coefficient (Wildman–Crippen LogP) is 1.36. The summed E-state index contributed by atoms with van der Waals surface area (Å²) < 4.78 is 0. The Bertz CT molecular complexity index is 367. The Kier molecular flexibility index (Phi) is 6.78. The fourth-order valence-electron chi connectivity index (χ4n) is 1.55. The third-order valence-corrected chi connectivity index (χ3v) is 3.89. The topological polar surface area (TPSA) is 81.1 Å². The minimum absolute atomic E-state index is 0.167. The van der Waals surface area contributed by atoms with E-state index in [2.05, 4.69) is 17.6 Å².